The maximum atomic E-state index is 13.2. The van der Waals surface area contributed by atoms with Gasteiger partial charge in [-0.1, -0.05) is 12.1 Å². The molecule has 4 nitrogen and oxygen atoms in total. The van der Waals surface area contributed by atoms with Crippen molar-refractivity contribution in [2.24, 2.45) is 5.92 Å². The molecule has 0 spiro atoms. The van der Waals surface area contributed by atoms with Gasteiger partial charge < -0.3 is 9.42 Å². The molecule has 0 N–H and O–H groups in total. The summed E-state index contributed by atoms with van der Waals surface area (Å²) in [6, 6.07) is 4.89. The van der Waals surface area contributed by atoms with Crippen molar-refractivity contribution in [2.45, 2.75) is 19.8 Å². The van der Waals surface area contributed by atoms with Crippen LogP contribution in [0.4, 0.5) is 8.78 Å². The molecule has 0 aliphatic carbocycles. The van der Waals surface area contributed by atoms with E-state index in [-0.39, 0.29) is 17.4 Å². The van der Waals surface area contributed by atoms with Crippen LogP contribution in [0.25, 0.3) is 11.3 Å². The Morgan fingerprint density at radius 2 is 1.95 bits per heavy atom. The quantitative estimate of drug-likeness (QED) is 0.853. The van der Waals surface area contributed by atoms with Crippen LogP contribution in [0.2, 0.25) is 0 Å². The molecule has 22 heavy (non-hydrogen) atoms. The summed E-state index contributed by atoms with van der Waals surface area (Å²) >= 11 is 0. The summed E-state index contributed by atoms with van der Waals surface area (Å²) in [5.41, 5.74) is 0.534. The standard InChI is InChI=1S/C16H16F2N2O2/c1-10-4-6-20(7-5-10)16(21)14-9-15(22-19-14)11-2-3-12(17)13(18)8-11/h2-3,8-10H,4-7H2,1H3. The van der Waals surface area contributed by atoms with Crippen molar-refractivity contribution in [3.63, 3.8) is 0 Å². The third kappa shape index (κ3) is 2.86. The van der Waals surface area contributed by atoms with Crippen molar-refractivity contribution in [2.75, 3.05) is 13.1 Å². The predicted molar refractivity (Wildman–Crippen MR) is 76.2 cm³/mol. The lowest BCUT2D eigenvalue weighted by atomic mass is 9.99. The zero-order valence-corrected chi connectivity index (χ0v) is 12.2. The molecule has 1 saturated heterocycles. The average Bonchev–Trinajstić information content (AvgIpc) is 3.00. The second-order valence-corrected chi connectivity index (χ2v) is 5.68. The van der Waals surface area contributed by atoms with E-state index in [1.165, 1.54) is 12.1 Å². The smallest absolute Gasteiger partial charge is 0.276 e. The molecular formula is C16H16F2N2O2. The van der Waals surface area contributed by atoms with Gasteiger partial charge in [-0.2, -0.15) is 0 Å². The minimum absolute atomic E-state index is 0.189. The summed E-state index contributed by atoms with van der Waals surface area (Å²) in [7, 11) is 0. The number of amides is 1. The van der Waals surface area contributed by atoms with Crippen LogP contribution in [0.3, 0.4) is 0 Å². The molecule has 1 aromatic heterocycles. The topological polar surface area (TPSA) is 46.3 Å². The molecule has 1 aromatic carbocycles. The maximum Gasteiger partial charge on any atom is 0.276 e. The summed E-state index contributed by atoms with van der Waals surface area (Å²) in [5.74, 6) is -1.22. The van der Waals surface area contributed by atoms with Crippen molar-refractivity contribution in [3.8, 4) is 11.3 Å². The summed E-state index contributed by atoms with van der Waals surface area (Å²) in [4.78, 5) is 14.1. The lowest BCUT2D eigenvalue weighted by Gasteiger charge is -2.29. The van der Waals surface area contributed by atoms with E-state index in [1.54, 1.807) is 4.90 Å². The summed E-state index contributed by atoms with van der Waals surface area (Å²) < 4.78 is 31.3. The highest BCUT2D eigenvalue weighted by atomic mass is 19.2. The largest absolute Gasteiger partial charge is 0.355 e. The van der Waals surface area contributed by atoms with Gasteiger partial charge in [0.2, 0.25) is 0 Å². The highest BCUT2D eigenvalue weighted by Crippen LogP contribution is 2.24. The molecule has 2 aromatic rings. The third-order valence-electron chi connectivity index (χ3n) is 4.00. The first-order chi connectivity index (χ1) is 10.5. The predicted octanol–water partition coefficient (Wildman–Crippen LogP) is 3.49. The zero-order chi connectivity index (χ0) is 15.7. The molecule has 1 aliphatic rings. The van der Waals surface area contributed by atoms with Gasteiger partial charge in [-0.15, -0.1) is 0 Å². The van der Waals surface area contributed by atoms with Crippen LogP contribution in [0.15, 0.2) is 28.8 Å². The summed E-state index contributed by atoms with van der Waals surface area (Å²) in [5, 5.41) is 3.76. The molecule has 116 valence electrons. The molecule has 0 bridgehead atoms. The van der Waals surface area contributed by atoms with Crippen molar-refractivity contribution in [3.05, 3.63) is 41.6 Å². The van der Waals surface area contributed by atoms with E-state index in [0.717, 1.165) is 25.0 Å². The molecule has 3 rings (SSSR count). The molecule has 0 atom stereocenters. The Hall–Kier alpha value is -2.24. The first-order valence-corrected chi connectivity index (χ1v) is 7.26. The monoisotopic (exact) mass is 306 g/mol. The highest BCUT2D eigenvalue weighted by Gasteiger charge is 2.24. The number of hydrogen-bond acceptors (Lipinski definition) is 3. The Morgan fingerprint density at radius 3 is 2.64 bits per heavy atom. The highest BCUT2D eigenvalue weighted by molar-refractivity contribution is 5.93. The van der Waals surface area contributed by atoms with Gasteiger partial charge in [0.15, 0.2) is 23.1 Å². The molecule has 6 heteroatoms. The molecule has 0 radical (unpaired) electrons. The number of hydrogen-bond donors (Lipinski definition) is 0. The lowest BCUT2D eigenvalue weighted by molar-refractivity contribution is 0.0687. The van der Waals surface area contributed by atoms with Crippen LogP contribution >= 0.6 is 0 Å². The van der Waals surface area contributed by atoms with Crippen LogP contribution in [0.1, 0.15) is 30.3 Å². The number of carbonyl (C=O) groups excluding carboxylic acids is 1. The number of piperidine rings is 1. The molecule has 1 amide bonds. The Labute approximate surface area is 126 Å². The van der Waals surface area contributed by atoms with Crippen molar-refractivity contribution < 1.29 is 18.1 Å². The van der Waals surface area contributed by atoms with Gasteiger partial charge >= 0.3 is 0 Å². The van der Waals surface area contributed by atoms with E-state index in [2.05, 4.69) is 12.1 Å². The first kappa shape index (κ1) is 14.7. The molecule has 0 saturated carbocycles. The van der Waals surface area contributed by atoms with Crippen LogP contribution in [0.5, 0.6) is 0 Å². The fourth-order valence-corrected chi connectivity index (χ4v) is 2.54. The van der Waals surface area contributed by atoms with Crippen LogP contribution in [0, 0.1) is 17.6 Å². The second-order valence-electron chi connectivity index (χ2n) is 5.68. The molecule has 1 aliphatic heterocycles. The second kappa shape index (κ2) is 5.87. The summed E-state index contributed by atoms with van der Waals surface area (Å²) in [6.07, 6.45) is 1.94. The Balaban J connectivity index is 1.78. The van der Waals surface area contributed by atoms with Gasteiger partial charge in [0.25, 0.3) is 5.91 Å². The Morgan fingerprint density at radius 1 is 1.23 bits per heavy atom. The van der Waals surface area contributed by atoms with E-state index < -0.39 is 11.6 Å². The fourth-order valence-electron chi connectivity index (χ4n) is 2.54. The Kier molecular flexibility index (Phi) is 3.92. The number of carbonyl (C=O) groups is 1. The van der Waals surface area contributed by atoms with Gasteiger partial charge in [0.1, 0.15) is 0 Å². The maximum absolute atomic E-state index is 13.2. The van der Waals surface area contributed by atoms with Crippen LogP contribution in [-0.4, -0.2) is 29.1 Å². The fraction of sp³-hybridized carbons (Fsp3) is 0.375. The van der Waals surface area contributed by atoms with Crippen molar-refractivity contribution in [1.29, 1.82) is 0 Å². The van der Waals surface area contributed by atoms with E-state index in [4.69, 9.17) is 4.52 Å². The minimum atomic E-state index is -0.966. The van der Waals surface area contributed by atoms with Gasteiger partial charge in [-0.3, -0.25) is 4.79 Å². The van der Waals surface area contributed by atoms with Crippen LogP contribution < -0.4 is 0 Å². The van der Waals surface area contributed by atoms with Crippen LogP contribution in [-0.2, 0) is 0 Å². The number of nitrogens with zero attached hydrogens (tertiary/aromatic N) is 2. The zero-order valence-electron chi connectivity index (χ0n) is 12.2. The molecular weight excluding hydrogens is 290 g/mol. The van der Waals surface area contributed by atoms with E-state index in [0.29, 0.717) is 24.6 Å². The molecule has 2 heterocycles. The van der Waals surface area contributed by atoms with Gasteiger partial charge in [0, 0.05) is 24.7 Å². The van der Waals surface area contributed by atoms with Gasteiger partial charge in [-0.25, -0.2) is 8.78 Å². The SMILES string of the molecule is CC1CCN(C(=O)c2cc(-c3ccc(F)c(F)c3)on2)CC1. The van der Waals surface area contributed by atoms with Gasteiger partial charge in [-0.05, 0) is 37.0 Å². The van der Waals surface area contributed by atoms with E-state index >= 15 is 0 Å². The van der Waals surface area contributed by atoms with Gasteiger partial charge in [0.05, 0.1) is 0 Å². The molecule has 1 fully saturated rings. The van der Waals surface area contributed by atoms with Crippen molar-refractivity contribution >= 4 is 5.91 Å². The Bertz CT molecular complexity index is 691. The number of halogens is 2. The average molecular weight is 306 g/mol. The van der Waals surface area contributed by atoms with E-state index in [1.807, 2.05) is 0 Å². The first-order valence-electron chi connectivity index (χ1n) is 7.26. The van der Waals surface area contributed by atoms with Crippen molar-refractivity contribution in [1.82, 2.24) is 10.1 Å². The normalized spacial score (nSPS) is 16.0. The lowest BCUT2D eigenvalue weighted by Crippen LogP contribution is -2.38. The molecule has 0 unspecified atom stereocenters. The number of benzene rings is 1. The number of rotatable bonds is 2. The third-order valence-corrected chi connectivity index (χ3v) is 4.00. The van der Waals surface area contributed by atoms with E-state index in [9.17, 15) is 13.6 Å². The summed E-state index contributed by atoms with van der Waals surface area (Å²) in [6.45, 7) is 3.57. The number of aromatic nitrogens is 1. The minimum Gasteiger partial charge on any atom is -0.355 e. The number of likely N-dealkylation sites (tertiary alicyclic amines) is 1.